The fourth-order valence-electron chi connectivity index (χ4n) is 1.85. The smallest absolute Gasteiger partial charge is 0.131 e. The number of nitrogens with one attached hydrogen (secondary N) is 2. The molecule has 2 rings (SSSR count). The van der Waals surface area contributed by atoms with E-state index in [1.165, 1.54) is 12.1 Å². The van der Waals surface area contributed by atoms with E-state index in [9.17, 15) is 4.39 Å². The summed E-state index contributed by atoms with van der Waals surface area (Å²) >= 11 is 0. The summed E-state index contributed by atoms with van der Waals surface area (Å²) in [5, 5.41) is 6.52. The van der Waals surface area contributed by atoms with Crippen molar-refractivity contribution in [2.24, 2.45) is 5.92 Å². The van der Waals surface area contributed by atoms with Crippen molar-refractivity contribution in [3.05, 3.63) is 48.0 Å². The molecule has 0 unspecified atom stereocenters. The van der Waals surface area contributed by atoms with Crippen molar-refractivity contribution >= 4 is 11.6 Å². The van der Waals surface area contributed by atoms with Crippen molar-refractivity contribution in [3.63, 3.8) is 0 Å². The van der Waals surface area contributed by atoms with Crippen LogP contribution in [-0.2, 0) is 6.42 Å². The third-order valence-corrected chi connectivity index (χ3v) is 2.99. The molecule has 0 spiro atoms. The van der Waals surface area contributed by atoms with Crippen LogP contribution in [0.3, 0.4) is 0 Å². The van der Waals surface area contributed by atoms with Crippen LogP contribution in [0.5, 0.6) is 0 Å². The maximum absolute atomic E-state index is 12.8. The Hall–Kier alpha value is -2.17. The van der Waals surface area contributed by atoms with Crippen molar-refractivity contribution in [2.45, 2.75) is 20.3 Å². The molecule has 0 aliphatic carbocycles. The number of nitrogens with zero attached hydrogens (tertiary/aromatic N) is 2. The molecule has 1 aromatic heterocycles. The largest absolute Gasteiger partial charge is 0.370 e. The van der Waals surface area contributed by atoms with E-state index in [0.29, 0.717) is 5.92 Å². The molecule has 0 radical (unpaired) electrons. The Labute approximate surface area is 124 Å². The van der Waals surface area contributed by atoms with E-state index in [-0.39, 0.29) is 5.82 Å². The van der Waals surface area contributed by atoms with Crippen molar-refractivity contribution < 1.29 is 4.39 Å². The minimum Gasteiger partial charge on any atom is -0.370 e. The molecule has 112 valence electrons. The molecule has 5 heteroatoms. The van der Waals surface area contributed by atoms with E-state index in [0.717, 1.165) is 36.7 Å². The number of halogens is 1. The van der Waals surface area contributed by atoms with Crippen LogP contribution >= 0.6 is 0 Å². The number of aromatic nitrogens is 2. The zero-order valence-electron chi connectivity index (χ0n) is 12.4. The molecule has 2 aromatic rings. The Morgan fingerprint density at radius 1 is 1.05 bits per heavy atom. The lowest BCUT2D eigenvalue weighted by Crippen LogP contribution is -2.11. The first-order valence-corrected chi connectivity index (χ1v) is 7.17. The normalized spacial score (nSPS) is 10.7. The Balaban J connectivity index is 1.82. The molecule has 0 aliphatic heterocycles. The standard InChI is InChI=1S/C16H21FN4/c1-12(2)10-19-16-9-15(20-11-21-16)18-8-7-13-3-5-14(17)6-4-13/h3-6,9,11-12H,7-8,10H2,1-2H3,(H2,18,19,20,21). The average molecular weight is 288 g/mol. The van der Waals surface area contributed by atoms with Crippen LogP contribution in [0.4, 0.5) is 16.0 Å². The van der Waals surface area contributed by atoms with Gasteiger partial charge in [-0.05, 0) is 30.0 Å². The molecule has 2 N–H and O–H groups in total. The minimum absolute atomic E-state index is 0.205. The predicted octanol–water partition coefficient (Wildman–Crippen LogP) is 3.34. The summed E-state index contributed by atoms with van der Waals surface area (Å²) < 4.78 is 12.8. The van der Waals surface area contributed by atoms with E-state index < -0.39 is 0 Å². The fourth-order valence-corrected chi connectivity index (χ4v) is 1.85. The zero-order chi connectivity index (χ0) is 15.1. The minimum atomic E-state index is -0.205. The van der Waals surface area contributed by atoms with Gasteiger partial charge in [-0.3, -0.25) is 0 Å². The van der Waals surface area contributed by atoms with Crippen LogP contribution in [-0.4, -0.2) is 23.1 Å². The number of anilines is 2. The highest BCUT2D eigenvalue weighted by Crippen LogP contribution is 2.10. The molecule has 0 aliphatic rings. The summed E-state index contributed by atoms with van der Waals surface area (Å²) in [5.74, 6) is 1.97. The monoisotopic (exact) mass is 288 g/mol. The molecule has 0 amide bonds. The average Bonchev–Trinajstić information content (AvgIpc) is 2.48. The molecule has 1 aromatic carbocycles. The molecule has 1 heterocycles. The summed E-state index contributed by atoms with van der Waals surface area (Å²) in [7, 11) is 0. The summed E-state index contributed by atoms with van der Waals surface area (Å²) in [6.45, 7) is 5.92. The number of rotatable bonds is 7. The van der Waals surface area contributed by atoms with Gasteiger partial charge in [-0.25, -0.2) is 14.4 Å². The third kappa shape index (κ3) is 5.38. The van der Waals surface area contributed by atoms with Gasteiger partial charge >= 0.3 is 0 Å². The SMILES string of the molecule is CC(C)CNc1cc(NCCc2ccc(F)cc2)ncn1. The van der Waals surface area contributed by atoms with Crippen molar-refractivity contribution in [2.75, 3.05) is 23.7 Å². The lowest BCUT2D eigenvalue weighted by molar-refractivity contribution is 0.627. The van der Waals surface area contributed by atoms with Crippen LogP contribution < -0.4 is 10.6 Å². The lowest BCUT2D eigenvalue weighted by atomic mass is 10.1. The van der Waals surface area contributed by atoms with E-state index >= 15 is 0 Å². The third-order valence-electron chi connectivity index (χ3n) is 2.99. The Bertz CT molecular complexity index is 554. The molecule has 21 heavy (non-hydrogen) atoms. The van der Waals surface area contributed by atoms with Crippen molar-refractivity contribution in [1.82, 2.24) is 9.97 Å². The second-order valence-electron chi connectivity index (χ2n) is 5.37. The highest BCUT2D eigenvalue weighted by molar-refractivity contribution is 5.46. The van der Waals surface area contributed by atoms with Gasteiger partial charge in [-0.1, -0.05) is 26.0 Å². The maximum atomic E-state index is 12.8. The van der Waals surface area contributed by atoms with Gasteiger partial charge in [0.25, 0.3) is 0 Å². The number of hydrogen-bond acceptors (Lipinski definition) is 4. The lowest BCUT2D eigenvalue weighted by Gasteiger charge is -2.10. The van der Waals surface area contributed by atoms with Crippen molar-refractivity contribution in [3.8, 4) is 0 Å². The topological polar surface area (TPSA) is 49.8 Å². The van der Waals surface area contributed by atoms with E-state index in [1.54, 1.807) is 18.5 Å². The fraction of sp³-hybridized carbons (Fsp3) is 0.375. The van der Waals surface area contributed by atoms with Gasteiger partial charge < -0.3 is 10.6 Å². The highest BCUT2D eigenvalue weighted by Gasteiger charge is 2.00. The number of hydrogen-bond donors (Lipinski definition) is 2. The summed E-state index contributed by atoms with van der Waals surface area (Å²) in [6, 6.07) is 8.45. The second kappa shape index (κ2) is 7.57. The van der Waals surface area contributed by atoms with Gasteiger partial charge in [0.05, 0.1) is 0 Å². The van der Waals surface area contributed by atoms with Gasteiger partial charge in [0.1, 0.15) is 23.8 Å². The maximum Gasteiger partial charge on any atom is 0.131 e. The van der Waals surface area contributed by atoms with Gasteiger partial charge in [-0.15, -0.1) is 0 Å². The Kier molecular flexibility index (Phi) is 5.49. The second-order valence-corrected chi connectivity index (χ2v) is 5.37. The first-order valence-electron chi connectivity index (χ1n) is 7.17. The molecule has 0 saturated heterocycles. The van der Waals surface area contributed by atoms with E-state index in [2.05, 4.69) is 34.4 Å². The summed E-state index contributed by atoms with van der Waals surface area (Å²) in [5.41, 5.74) is 1.09. The Morgan fingerprint density at radius 2 is 1.71 bits per heavy atom. The zero-order valence-corrected chi connectivity index (χ0v) is 12.4. The molecule has 0 bridgehead atoms. The first-order chi connectivity index (χ1) is 10.1. The highest BCUT2D eigenvalue weighted by atomic mass is 19.1. The van der Waals surface area contributed by atoms with Crippen LogP contribution in [0, 0.1) is 11.7 Å². The molecular formula is C16H21FN4. The van der Waals surface area contributed by atoms with Gasteiger partial charge in [0.2, 0.25) is 0 Å². The first kappa shape index (κ1) is 15.2. The Morgan fingerprint density at radius 3 is 2.38 bits per heavy atom. The molecule has 0 saturated carbocycles. The van der Waals surface area contributed by atoms with Crippen molar-refractivity contribution in [1.29, 1.82) is 0 Å². The summed E-state index contributed by atoms with van der Waals surface area (Å²) in [6.07, 6.45) is 2.36. The quantitative estimate of drug-likeness (QED) is 0.820. The van der Waals surface area contributed by atoms with Crippen LogP contribution in [0.1, 0.15) is 19.4 Å². The van der Waals surface area contributed by atoms with Crippen LogP contribution in [0.2, 0.25) is 0 Å². The molecule has 0 fully saturated rings. The van der Waals surface area contributed by atoms with Crippen LogP contribution in [0.25, 0.3) is 0 Å². The van der Waals surface area contributed by atoms with Gasteiger partial charge in [0, 0.05) is 19.2 Å². The van der Waals surface area contributed by atoms with Gasteiger partial charge in [0.15, 0.2) is 0 Å². The number of benzene rings is 1. The summed E-state index contributed by atoms with van der Waals surface area (Å²) in [4.78, 5) is 8.37. The van der Waals surface area contributed by atoms with Gasteiger partial charge in [-0.2, -0.15) is 0 Å². The van der Waals surface area contributed by atoms with Crippen LogP contribution in [0.15, 0.2) is 36.7 Å². The molecular weight excluding hydrogens is 267 g/mol. The van der Waals surface area contributed by atoms with E-state index in [1.807, 2.05) is 6.07 Å². The van der Waals surface area contributed by atoms with E-state index in [4.69, 9.17) is 0 Å². The molecule has 4 nitrogen and oxygen atoms in total. The molecule has 0 atom stereocenters. The predicted molar refractivity (Wildman–Crippen MR) is 84.0 cm³/mol.